The Hall–Kier alpha value is -0.650. The highest BCUT2D eigenvalue weighted by Crippen LogP contribution is 1.85. The first-order valence-electron chi connectivity index (χ1n) is 4.74. The predicted octanol–water partition coefficient (Wildman–Crippen LogP) is -0.463. The van der Waals surface area contributed by atoms with E-state index in [0.29, 0.717) is 32.7 Å². The second-order valence-electron chi connectivity index (χ2n) is 2.84. The van der Waals surface area contributed by atoms with Gasteiger partial charge in [-0.15, -0.1) is 0 Å². The Morgan fingerprint density at radius 2 is 2.29 bits per heavy atom. The zero-order valence-electron chi connectivity index (χ0n) is 8.78. The highest BCUT2D eigenvalue weighted by atomic mass is 16.5. The van der Waals surface area contributed by atoms with Gasteiger partial charge in [-0.25, -0.2) is 0 Å². The topological polar surface area (TPSA) is 67.8 Å². The molecule has 0 saturated heterocycles. The number of carbonyl (C=O) groups is 1. The number of aliphatic hydroxyl groups is 1. The number of hydrogen-bond acceptors (Lipinski definition) is 5. The maximum absolute atomic E-state index is 10.7. The van der Waals surface area contributed by atoms with E-state index >= 15 is 0 Å². The van der Waals surface area contributed by atoms with E-state index in [1.165, 1.54) is 7.11 Å². The van der Waals surface area contributed by atoms with Crippen LogP contribution in [0.1, 0.15) is 13.3 Å². The molecule has 0 rings (SSSR count). The summed E-state index contributed by atoms with van der Waals surface area (Å²) in [5.41, 5.74) is 0. The van der Waals surface area contributed by atoms with E-state index in [1.807, 2.05) is 6.92 Å². The first-order chi connectivity index (χ1) is 6.70. The number of hydrogen-bond donors (Lipinski definition) is 2. The third-order valence-electron chi connectivity index (χ3n) is 1.63. The maximum atomic E-state index is 10.7. The summed E-state index contributed by atoms with van der Waals surface area (Å²) in [4.78, 5) is 10.7. The Balaban J connectivity index is 3.22. The van der Waals surface area contributed by atoms with Crippen LogP contribution in [0, 0.1) is 0 Å². The number of aliphatic hydroxyl groups excluding tert-OH is 1. The lowest BCUT2D eigenvalue weighted by atomic mass is 10.3. The fourth-order valence-electron chi connectivity index (χ4n) is 0.874. The van der Waals surface area contributed by atoms with Crippen LogP contribution in [0.15, 0.2) is 0 Å². The molecular weight excluding hydrogens is 186 g/mol. The zero-order chi connectivity index (χ0) is 10.8. The Kier molecular flexibility index (Phi) is 8.51. The van der Waals surface area contributed by atoms with Crippen LogP contribution in [0.25, 0.3) is 0 Å². The minimum absolute atomic E-state index is 0.253. The quantitative estimate of drug-likeness (QED) is 0.414. The second-order valence-corrected chi connectivity index (χ2v) is 2.84. The summed E-state index contributed by atoms with van der Waals surface area (Å²) in [5, 5.41) is 12.2. The fraction of sp³-hybridized carbons (Fsp3) is 0.889. The van der Waals surface area contributed by atoms with Gasteiger partial charge in [0.1, 0.15) is 0 Å². The minimum atomic E-state index is -0.521. The average Bonchev–Trinajstić information content (AvgIpc) is 2.21. The van der Waals surface area contributed by atoms with Gasteiger partial charge in [-0.2, -0.15) is 0 Å². The summed E-state index contributed by atoms with van der Waals surface area (Å²) in [6.07, 6.45) is -0.203. The first-order valence-corrected chi connectivity index (χ1v) is 4.74. The van der Waals surface area contributed by atoms with Crippen molar-refractivity contribution in [3.05, 3.63) is 0 Å². The molecule has 5 heteroatoms. The van der Waals surface area contributed by atoms with Crippen LogP contribution in [0.4, 0.5) is 0 Å². The monoisotopic (exact) mass is 205 g/mol. The molecule has 2 N–H and O–H groups in total. The van der Waals surface area contributed by atoms with Gasteiger partial charge in [0.15, 0.2) is 0 Å². The summed E-state index contributed by atoms with van der Waals surface area (Å²) in [5.74, 6) is -0.253. The highest BCUT2D eigenvalue weighted by molar-refractivity contribution is 5.69. The van der Waals surface area contributed by atoms with Gasteiger partial charge in [0, 0.05) is 19.7 Å². The molecule has 0 bridgehead atoms. The molecule has 0 saturated carbocycles. The molecule has 14 heavy (non-hydrogen) atoms. The fourth-order valence-corrected chi connectivity index (χ4v) is 0.874. The number of carbonyl (C=O) groups excluding carboxylic acids is 1. The lowest BCUT2D eigenvalue weighted by molar-refractivity contribution is -0.140. The van der Waals surface area contributed by atoms with E-state index in [1.54, 1.807) is 0 Å². The molecule has 84 valence electrons. The van der Waals surface area contributed by atoms with Crippen LogP contribution in [0.3, 0.4) is 0 Å². The SMILES string of the molecule is CCOCC(O)CNCCC(=O)OC. The molecule has 0 aliphatic rings. The van der Waals surface area contributed by atoms with Crippen LogP contribution in [0.5, 0.6) is 0 Å². The molecule has 0 fully saturated rings. The summed E-state index contributed by atoms with van der Waals surface area (Å²) in [6, 6.07) is 0. The summed E-state index contributed by atoms with van der Waals surface area (Å²) >= 11 is 0. The van der Waals surface area contributed by atoms with Crippen molar-refractivity contribution in [3.8, 4) is 0 Å². The summed E-state index contributed by atoms with van der Waals surface area (Å²) in [6.45, 7) is 3.73. The van der Waals surface area contributed by atoms with Gasteiger partial charge in [0.2, 0.25) is 0 Å². The van der Waals surface area contributed by atoms with Crippen molar-refractivity contribution < 1.29 is 19.4 Å². The van der Waals surface area contributed by atoms with E-state index in [9.17, 15) is 9.90 Å². The molecule has 0 aromatic rings. The molecule has 0 aliphatic carbocycles. The molecule has 0 heterocycles. The molecule has 0 aromatic heterocycles. The van der Waals surface area contributed by atoms with Gasteiger partial charge in [-0.05, 0) is 6.92 Å². The van der Waals surface area contributed by atoms with Crippen LogP contribution in [0.2, 0.25) is 0 Å². The van der Waals surface area contributed by atoms with Gasteiger partial charge >= 0.3 is 5.97 Å². The lowest BCUT2D eigenvalue weighted by Gasteiger charge is -2.10. The van der Waals surface area contributed by atoms with Crippen molar-refractivity contribution >= 4 is 5.97 Å². The molecule has 5 nitrogen and oxygen atoms in total. The third-order valence-corrected chi connectivity index (χ3v) is 1.63. The van der Waals surface area contributed by atoms with E-state index in [4.69, 9.17) is 4.74 Å². The van der Waals surface area contributed by atoms with E-state index < -0.39 is 6.10 Å². The van der Waals surface area contributed by atoms with Gasteiger partial charge in [0.25, 0.3) is 0 Å². The molecule has 0 amide bonds. The number of nitrogens with one attached hydrogen (secondary N) is 1. The lowest BCUT2D eigenvalue weighted by Crippen LogP contribution is -2.31. The normalized spacial score (nSPS) is 12.5. The Labute approximate surface area is 84.4 Å². The number of esters is 1. The first kappa shape index (κ1) is 13.4. The van der Waals surface area contributed by atoms with E-state index in [2.05, 4.69) is 10.1 Å². The van der Waals surface area contributed by atoms with E-state index in [-0.39, 0.29) is 5.97 Å². The molecule has 0 spiro atoms. The maximum Gasteiger partial charge on any atom is 0.306 e. The summed E-state index contributed by atoms with van der Waals surface area (Å²) < 4.78 is 9.47. The largest absolute Gasteiger partial charge is 0.469 e. The predicted molar refractivity (Wildman–Crippen MR) is 52.0 cm³/mol. The van der Waals surface area contributed by atoms with Crippen molar-refractivity contribution in [2.75, 3.05) is 33.4 Å². The van der Waals surface area contributed by atoms with Gasteiger partial charge in [-0.1, -0.05) is 0 Å². The molecular formula is C9H19NO4. The van der Waals surface area contributed by atoms with Crippen molar-refractivity contribution in [1.29, 1.82) is 0 Å². The molecule has 0 aromatic carbocycles. The van der Waals surface area contributed by atoms with Crippen LogP contribution in [-0.2, 0) is 14.3 Å². The number of ether oxygens (including phenoxy) is 2. The van der Waals surface area contributed by atoms with Gasteiger partial charge in [0.05, 0.1) is 26.2 Å². The average molecular weight is 205 g/mol. The van der Waals surface area contributed by atoms with Gasteiger partial charge < -0.3 is 19.9 Å². The Bertz CT molecular complexity index is 152. The molecule has 0 radical (unpaired) electrons. The summed E-state index contributed by atoms with van der Waals surface area (Å²) in [7, 11) is 1.35. The van der Waals surface area contributed by atoms with Crippen molar-refractivity contribution in [2.24, 2.45) is 0 Å². The molecule has 0 aliphatic heterocycles. The van der Waals surface area contributed by atoms with Crippen molar-refractivity contribution in [2.45, 2.75) is 19.4 Å². The molecule has 1 atom stereocenters. The second kappa shape index (κ2) is 8.93. The smallest absolute Gasteiger partial charge is 0.306 e. The van der Waals surface area contributed by atoms with Crippen LogP contribution in [-0.4, -0.2) is 50.6 Å². The van der Waals surface area contributed by atoms with Crippen LogP contribution >= 0.6 is 0 Å². The number of rotatable bonds is 8. The third kappa shape index (κ3) is 7.97. The number of methoxy groups -OCH3 is 1. The Morgan fingerprint density at radius 3 is 2.86 bits per heavy atom. The minimum Gasteiger partial charge on any atom is -0.469 e. The van der Waals surface area contributed by atoms with Crippen LogP contribution < -0.4 is 5.32 Å². The van der Waals surface area contributed by atoms with Gasteiger partial charge in [-0.3, -0.25) is 4.79 Å². The highest BCUT2D eigenvalue weighted by Gasteiger charge is 2.04. The zero-order valence-corrected chi connectivity index (χ0v) is 8.78. The van der Waals surface area contributed by atoms with Crippen molar-refractivity contribution in [3.63, 3.8) is 0 Å². The van der Waals surface area contributed by atoms with Crippen molar-refractivity contribution in [1.82, 2.24) is 5.32 Å². The Morgan fingerprint density at radius 1 is 1.57 bits per heavy atom. The molecule has 1 unspecified atom stereocenters. The standard InChI is InChI=1S/C9H19NO4/c1-3-14-7-8(11)6-10-5-4-9(12)13-2/h8,10-11H,3-7H2,1-2H3. The van der Waals surface area contributed by atoms with E-state index in [0.717, 1.165) is 0 Å².